The quantitative estimate of drug-likeness (QED) is 0.0261. The first-order valence-corrected chi connectivity index (χ1v) is 31.7. The summed E-state index contributed by atoms with van der Waals surface area (Å²) in [6.45, 7) is 6.38. The highest BCUT2D eigenvalue weighted by Gasteiger charge is 2.19. The van der Waals surface area contributed by atoms with Gasteiger partial charge in [0.25, 0.3) is 0 Å². The number of unbranched alkanes of at least 4 members (excludes halogenated alkanes) is 23. The van der Waals surface area contributed by atoms with E-state index in [9.17, 15) is 14.4 Å². The monoisotopic (exact) mass is 1060 g/mol. The molecule has 0 aromatic carbocycles. The maximum Gasteiger partial charge on any atom is 0.306 e. The lowest BCUT2D eigenvalue weighted by atomic mass is 10.1. The van der Waals surface area contributed by atoms with E-state index in [1.807, 2.05) is 0 Å². The minimum atomic E-state index is -0.800. The first kappa shape index (κ1) is 72.5. The van der Waals surface area contributed by atoms with Gasteiger partial charge in [-0.1, -0.05) is 276 Å². The summed E-state index contributed by atoms with van der Waals surface area (Å²) in [6, 6.07) is 0. The van der Waals surface area contributed by atoms with Gasteiger partial charge in [0.1, 0.15) is 13.2 Å². The van der Waals surface area contributed by atoms with Crippen molar-refractivity contribution in [3.8, 4) is 0 Å². The summed E-state index contributed by atoms with van der Waals surface area (Å²) in [4.78, 5) is 38.2. The summed E-state index contributed by atoms with van der Waals surface area (Å²) in [6.07, 6.45) is 90.3. The van der Waals surface area contributed by atoms with Gasteiger partial charge in [0.2, 0.25) is 0 Å². The molecule has 0 fully saturated rings. The molecule has 0 spiro atoms. The lowest BCUT2D eigenvalue weighted by Gasteiger charge is -2.18. The van der Waals surface area contributed by atoms with Crippen LogP contribution in [0.25, 0.3) is 0 Å². The molecule has 0 rings (SSSR count). The standard InChI is InChI=1S/C71H116O6/c1-4-7-10-13-16-19-22-24-26-28-30-31-32-33-34-35-36-37-38-39-41-42-44-46-49-52-55-58-61-64-70(73)76-67-68(66-75-69(72)63-60-57-54-51-48-21-18-15-12-9-6-3)77-71(74)65-62-59-56-53-50-47-45-43-40-29-27-25-23-20-17-14-11-8-5-2/h7-8,10-11,16-17,19-20,24-27,30-31,33-34,36-37,40,43,47,50,68H,4-6,9,12-15,18,21-23,28-29,32,35,38-39,41-42,44-46,48-49,51-67H2,1-3H3/b10-7-,11-8-,19-16-,20-17-,26-24-,27-25-,31-30-,34-33-,37-36-,43-40-,50-47-. The third-order valence-electron chi connectivity index (χ3n) is 13.2. The van der Waals surface area contributed by atoms with Crippen molar-refractivity contribution in [3.05, 3.63) is 134 Å². The number of rotatable bonds is 56. The van der Waals surface area contributed by atoms with E-state index >= 15 is 0 Å². The first-order valence-electron chi connectivity index (χ1n) is 31.7. The van der Waals surface area contributed by atoms with Crippen molar-refractivity contribution < 1.29 is 28.6 Å². The van der Waals surface area contributed by atoms with Crippen molar-refractivity contribution in [3.63, 3.8) is 0 Å². The second-order valence-electron chi connectivity index (χ2n) is 20.6. The van der Waals surface area contributed by atoms with E-state index in [0.29, 0.717) is 12.8 Å². The van der Waals surface area contributed by atoms with E-state index in [1.54, 1.807) is 0 Å². The fourth-order valence-electron chi connectivity index (χ4n) is 8.47. The summed E-state index contributed by atoms with van der Waals surface area (Å²) >= 11 is 0. The van der Waals surface area contributed by atoms with Crippen LogP contribution in [-0.2, 0) is 28.6 Å². The molecule has 0 bridgehead atoms. The molecule has 0 radical (unpaired) electrons. The van der Waals surface area contributed by atoms with Gasteiger partial charge in [0.15, 0.2) is 6.10 Å². The van der Waals surface area contributed by atoms with E-state index in [0.717, 1.165) is 135 Å². The number of allylic oxidation sites excluding steroid dienone is 22. The zero-order valence-electron chi connectivity index (χ0n) is 49.9. The Labute approximate surface area is 475 Å². The van der Waals surface area contributed by atoms with Gasteiger partial charge in [0.05, 0.1) is 0 Å². The highest BCUT2D eigenvalue weighted by molar-refractivity contribution is 5.71. The van der Waals surface area contributed by atoms with Crippen LogP contribution in [0, 0.1) is 0 Å². The Morgan fingerprint density at radius 2 is 0.506 bits per heavy atom. The zero-order valence-corrected chi connectivity index (χ0v) is 49.9. The average Bonchev–Trinajstić information content (AvgIpc) is 3.43. The highest BCUT2D eigenvalue weighted by atomic mass is 16.6. The molecule has 1 unspecified atom stereocenters. The van der Waals surface area contributed by atoms with Crippen LogP contribution in [0.4, 0.5) is 0 Å². The van der Waals surface area contributed by atoms with Crippen molar-refractivity contribution in [2.75, 3.05) is 13.2 Å². The molecule has 6 nitrogen and oxygen atoms in total. The molecule has 1 atom stereocenters. The molecule has 0 aromatic rings. The van der Waals surface area contributed by atoms with Crippen LogP contribution in [0.3, 0.4) is 0 Å². The van der Waals surface area contributed by atoms with E-state index in [-0.39, 0.29) is 37.5 Å². The van der Waals surface area contributed by atoms with Gasteiger partial charge in [-0.3, -0.25) is 14.4 Å². The molecule has 0 aliphatic carbocycles. The van der Waals surface area contributed by atoms with Gasteiger partial charge in [-0.15, -0.1) is 0 Å². The lowest BCUT2D eigenvalue weighted by molar-refractivity contribution is -0.167. The van der Waals surface area contributed by atoms with Crippen LogP contribution >= 0.6 is 0 Å². The smallest absolute Gasteiger partial charge is 0.306 e. The van der Waals surface area contributed by atoms with Gasteiger partial charge in [-0.25, -0.2) is 0 Å². The van der Waals surface area contributed by atoms with Crippen LogP contribution in [0.15, 0.2) is 134 Å². The second kappa shape index (κ2) is 64.1. The normalized spacial score (nSPS) is 13.0. The van der Waals surface area contributed by atoms with Gasteiger partial charge in [0, 0.05) is 19.3 Å². The Morgan fingerprint density at radius 3 is 0.805 bits per heavy atom. The molecular weight excluding hydrogens is 949 g/mol. The van der Waals surface area contributed by atoms with Gasteiger partial charge in [-0.05, 0) is 116 Å². The van der Waals surface area contributed by atoms with Crippen LogP contribution < -0.4 is 0 Å². The minimum absolute atomic E-state index is 0.0938. The van der Waals surface area contributed by atoms with Crippen molar-refractivity contribution >= 4 is 17.9 Å². The number of carbonyl (C=O) groups is 3. The number of hydrogen-bond acceptors (Lipinski definition) is 6. The van der Waals surface area contributed by atoms with E-state index in [2.05, 4.69) is 154 Å². The molecule has 0 aliphatic rings. The van der Waals surface area contributed by atoms with E-state index in [1.165, 1.54) is 103 Å². The van der Waals surface area contributed by atoms with Crippen LogP contribution in [0.1, 0.15) is 278 Å². The molecule has 0 saturated carbocycles. The molecule has 0 heterocycles. The van der Waals surface area contributed by atoms with Gasteiger partial charge >= 0.3 is 17.9 Å². The predicted octanol–water partition coefficient (Wildman–Crippen LogP) is 21.8. The largest absolute Gasteiger partial charge is 0.462 e. The van der Waals surface area contributed by atoms with E-state index < -0.39 is 6.10 Å². The second-order valence-corrected chi connectivity index (χ2v) is 20.6. The summed E-state index contributed by atoms with van der Waals surface area (Å²) < 4.78 is 16.9. The SMILES string of the molecule is CC/C=C\C/C=C\C/C=C\C/C=C\C/C=C\C/C=C\CCCCCCCCCCCCC(=O)OCC(COC(=O)CCCCCCCCCCCCC)OC(=O)CCCCC/C=C\C/C=C\C/C=C\C/C=C\C/C=C\CC. The Kier molecular flexibility index (Phi) is 60.4. The van der Waals surface area contributed by atoms with Gasteiger partial charge < -0.3 is 14.2 Å². The third kappa shape index (κ3) is 62.3. The van der Waals surface area contributed by atoms with Crippen LogP contribution in [-0.4, -0.2) is 37.2 Å². The maximum absolute atomic E-state index is 12.9. The number of esters is 3. The molecular formula is C71H116O6. The lowest BCUT2D eigenvalue weighted by Crippen LogP contribution is -2.30. The summed E-state index contributed by atoms with van der Waals surface area (Å²) in [7, 11) is 0. The Balaban J connectivity index is 4.32. The Morgan fingerprint density at radius 1 is 0.273 bits per heavy atom. The topological polar surface area (TPSA) is 78.9 Å². The molecule has 0 aliphatic heterocycles. The molecule has 436 valence electrons. The average molecular weight is 1070 g/mol. The molecule has 0 aromatic heterocycles. The summed E-state index contributed by atoms with van der Waals surface area (Å²) in [5.74, 6) is -0.930. The van der Waals surface area contributed by atoms with Crippen molar-refractivity contribution in [1.29, 1.82) is 0 Å². The fourth-order valence-corrected chi connectivity index (χ4v) is 8.47. The van der Waals surface area contributed by atoms with Crippen molar-refractivity contribution in [2.24, 2.45) is 0 Å². The number of carbonyl (C=O) groups excluding carboxylic acids is 3. The predicted molar refractivity (Wildman–Crippen MR) is 334 cm³/mol. The molecule has 0 N–H and O–H groups in total. The Hall–Kier alpha value is -4.45. The first-order chi connectivity index (χ1) is 38.0. The van der Waals surface area contributed by atoms with Crippen LogP contribution in [0.2, 0.25) is 0 Å². The number of ether oxygens (including phenoxy) is 3. The van der Waals surface area contributed by atoms with Crippen molar-refractivity contribution in [1.82, 2.24) is 0 Å². The fraction of sp³-hybridized carbons (Fsp3) is 0.648. The molecule has 77 heavy (non-hydrogen) atoms. The number of hydrogen-bond donors (Lipinski definition) is 0. The molecule has 0 amide bonds. The summed E-state index contributed by atoms with van der Waals surface area (Å²) in [5, 5.41) is 0. The maximum atomic E-state index is 12.9. The summed E-state index contributed by atoms with van der Waals surface area (Å²) in [5.41, 5.74) is 0. The Bertz CT molecular complexity index is 1650. The highest BCUT2D eigenvalue weighted by Crippen LogP contribution is 2.15. The van der Waals surface area contributed by atoms with E-state index in [4.69, 9.17) is 14.2 Å². The van der Waals surface area contributed by atoms with Gasteiger partial charge in [-0.2, -0.15) is 0 Å². The molecule has 0 saturated heterocycles. The minimum Gasteiger partial charge on any atom is -0.462 e. The zero-order chi connectivity index (χ0) is 55.7. The van der Waals surface area contributed by atoms with Crippen LogP contribution in [0.5, 0.6) is 0 Å². The third-order valence-corrected chi connectivity index (χ3v) is 13.2. The molecule has 6 heteroatoms. The van der Waals surface area contributed by atoms with Crippen molar-refractivity contribution in [2.45, 2.75) is 284 Å².